The predicted octanol–water partition coefficient (Wildman–Crippen LogP) is 1.56. The number of aromatic nitrogens is 3. The molecule has 0 radical (unpaired) electrons. The highest BCUT2D eigenvalue weighted by molar-refractivity contribution is 7.85. The number of hydrogen-bond acceptors (Lipinski definition) is 13. The van der Waals surface area contributed by atoms with Gasteiger partial charge in [-0.2, -0.15) is 8.42 Å². The molecule has 2 aromatic heterocycles. The van der Waals surface area contributed by atoms with Gasteiger partial charge < -0.3 is 19.6 Å². The second-order valence-electron chi connectivity index (χ2n) is 9.37. The molecule has 1 fully saturated rings. The average molecular weight is 626 g/mol. The number of rotatable bonds is 10. The van der Waals surface area contributed by atoms with Crippen molar-refractivity contribution < 1.29 is 51.1 Å². The maximum Gasteiger partial charge on any atom is 0.356 e. The number of hydrogen-bond donors (Lipinski definition) is 2. The zero-order valence-electron chi connectivity index (χ0n) is 23.0. The molecule has 4 aromatic rings. The number of imide groups is 1. The SMILES string of the molecule is COc1ccc(-c2nc(C(=O)NC(CS(=O)(=O)O)C(=O)ON3C(=O)CCC3=O)c(-c3ccc(OC)cc3)c3nonc23)cc1. The summed E-state index contributed by atoms with van der Waals surface area (Å²) in [5.41, 5.74) is 1.05. The highest BCUT2D eigenvalue weighted by atomic mass is 32.2. The number of benzene rings is 2. The molecule has 0 saturated carbocycles. The molecule has 3 heterocycles. The summed E-state index contributed by atoms with van der Waals surface area (Å²) in [6.45, 7) is 0. The molecule has 5 rings (SSSR count). The monoisotopic (exact) mass is 625 g/mol. The van der Waals surface area contributed by atoms with Gasteiger partial charge >= 0.3 is 5.97 Å². The van der Waals surface area contributed by atoms with Crippen molar-refractivity contribution in [3.63, 3.8) is 0 Å². The van der Waals surface area contributed by atoms with Crippen LogP contribution in [0.3, 0.4) is 0 Å². The van der Waals surface area contributed by atoms with Crippen LogP contribution in [-0.4, -0.2) is 83.0 Å². The Hall–Kier alpha value is -5.42. The van der Waals surface area contributed by atoms with E-state index in [2.05, 4.69) is 20.6 Å². The van der Waals surface area contributed by atoms with E-state index in [4.69, 9.17) is 18.9 Å². The highest BCUT2D eigenvalue weighted by Gasteiger charge is 2.37. The Morgan fingerprint density at radius 2 is 1.48 bits per heavy atom. The van der Waals surface area contributed by atoms with E-state index in [1.54, 1.807) is 48.5 Å². The number of methoxy groups -OCH3 is 2. The zero-order valence-corrected chi connectivity index (χ0v) is 23.9. The van der Waals surface area contributed by atoms with Crippen LogP contribution in [0.4, 0.5) is 0 Å². The third-order valence-corrected chi connectivity index (χ3v) is 7.28. The van der Waals surface area contributed by atoms with E-state index in [0.717, 1.165) is 0 Å². The second-order valence-corrected chi connectivity index (χ2v) is 10.9. The first-order valence-corrected chi connectivity index (χ1v) is 14.4. The van der Waals surface area contributed by atoms with Gasteiger partial charge in [0.2, 0.25) is 0 Å². The van der Waals surface area contributed by atoms with E-state index >= 15 is 0 Å². The number of hydroxylamine groups is 2. The molecule has 0 aliphatic carbocycles. The number of carbonyl (C=O) groups is 4. The molecule has 1 saturated heterocycles. The summed E-state index contributed by atoms with van der Waals surface area (Å²) in [6.07, 6.45) is -0.451. The average Bonchev–Trinajstić information content (AvgIpc) is 3.62. The van der Waals surface area contributed by atoms with Crippen molar-refractivity contribution in [1.29, 1.82) is 0 Å². The Morgan fingerprint density at radius 3 is 2.02 bits per heavy atom. The summed E-state index contributed by atoms with van der Waals surface area (Å²) < 4.78 is 48.5. The van der Waals surface area contributed by atoms with Gasteiger partial charge in [-0.3, -0.25) is 18.9 Å². The summed E-state index contributed by atoms with van der Waals surface area (Å²) >= 11 is 0. The maximum absolute atomic E-state index is 13.8. The molecule has 1 atom stereocenters. The Bertz CT molecular complexity index is 1860. The van der Waals surface area contributed by atoms with Crippen molar-refractivity contribution in [2.45, 2.75) is 18.9 Å². The molecule has 3 amide bonds. The van der Waals surface area contributed by atoms with E-state index in [1.807, 2.05) is 0 Å². The third kappa shape index (κ3) is 6.18. The fourth-order valence-electron chi connectivity index (χ4n) is 4.40. The Kier molecular flexibility index (Phi) is 8.23. The fourth-order valence-corrected chi connectivity index (χ4v) is 5.04. The normalized spacial score (nSPS) is 14.0. The van der Waals surface area contributed by atoms with Crippen molar-refractivity contribution in [2.75, 3.05) is 20.0 Å². The molecular formula is C27H23N5O11S. The molecule has 228 valence electrons. The summed E-state index contributed by atoms with van der Waals surface area (Å²) in [5.74, 6) is -4.57. The highest BCUT2D eigenvalue weighted by Crippen LogP contribution is 2.36. The number of carbonyl (C=O) groups excluding carboxylic acids is 4. The van der Waals surface area contributed by atoms with Gasteiger partial charge in [-0.05, 0) is 52.3 Å². The first-order chi connectivity index (χ1) is 21.0. The minimum Gasteiger partial charge on any atom is -0.497 e. The fraction of sp³-hybridized carbons (Fsp3) is 0.222. The molecule has 17 heteroatoms. The van der Waals surface area contributed by atoms with Gasteiger partial charge in [-0.25, -0.2) is 14.4 Å². The number of fused-ring (bicyclic) bond motifs is 1. The Morgan fingerprint density at radius 1 is 0.932 bits per heavy atom. The summed E-state index contributed by atoms with van der Waals surface area (Å²) in [4.78, 5) is 60.0. The summed E-state index contributed by atoms with van der Waals surface area (Å²) in [7, 11) is -1.94. The van der Waals surface area contributed by atoms with Crippen molar-refractivity contribution in [2.24, 2.45) is 0 Å². The van der Waals surface area contributed by atoms with Crippen LogP contribution < -0.4 is 14.8 Å². The maximum atomic E-state index is 13.8. The number of pyridine rings is 1. The van der Waals surface area contributed by atoms with Crippen LogP contribution in [0.25, 0.3) is 33.4 Å². The van der Waals surface area contributed by atoms with E-state index in [0.29, 0.717) is 22.6 Å². The molecule has 0 spiro atoms. The zero-order chi connectivity index (χ0) is 31.6. The van der Waals surface area contributed by atoms with Crippen LogP contribution in [0.5, 0.6) is 11.5 Å². The van der Waals surface area contributed by atoms with Crippen molar-refractivity contribution in [3.05, 3.63) is 54.2 Å². The van der Waals surface area contributed by atoms with Crippen LogP contribution in [0, 0.1) is 0 Å². The number of amides is 3. The molecule has 1 aliphatic heterocycles. The van der Waals surface area contributed by atoms with E-state index < -0.39 is 45.6 Å². The lowest BCUT2D eigenvalue weighted by Crippen LogP contribution is -2.49. The van der Waals surface area contributed by atoms with Gasteiger partial charge in [-0.1, -0.05) is 12.1 Å². The van der Waals surface area contributed by atoms with Gasteiger partial charge in [0.1, 0.15) is 40.2 Å². The molecule has 2 N–H and O–H groups in total. The van der Waals surface area contributed by atoms with Crippen LogP contribution in [0.1, 0.15) is 23.3 Å². The standard InChI is InChI=1S/C27H23N5O11S/c1-40-16-7-3-14(4-8-16)21-23-25(31-43-30-23)22(15-5-9-17(41-2)10-6-15)29-24(21)26(35)28-18(13-44(37,38)39)27(36)42-32-19(33)11-12-20(32)34/h3-10,18H,11-13H2,1-2H3,(H,28,35)(H,37,38,39). The molecule has 44 heavy (non-hydrogen) atoms. The minimum atomic E-state index is -4.90. The van der Waals surface area contributed by atoms with Crippen molar-refractivity contribution in [1.82, 2.24) is 25.7 Å². The van der Waals surface area contributed by atoms with Gasteiger partial charge in [-0.15, -0.1) is 5.06 Å². The number of nitrogens with one attached hydrogen (secondary N) is 1. The van der Waals surface area contributed by atoms with Crippen LogP contribution in [-0.2, 0) is 29.3 Å². The first-order valence-electron chi connectivity index (χ1n) is 12.8. The lowest BCUT2D eigenvalue weighted by atomic mass is 9.99. The van der Waals surface area contributed by atoms with Gasteiger partial charge in [0.15, 0.2) is 5.52 Å². The van der Waals surface area contributed by atoms with Crippen molar-refractivity contribution >= 4 is 44.8 Å². The predicted molar refractivity (Wildman–Crippen MR) is 148 cm³/mol. The lowest BCUT2D eigenvalue weighted by molar-refractivity contribution is -0.198. The minimum absolute atomic E-state index is 0.0996. The first kappa shape index (κ1) is 30.1. The molecule has 2 aromatic carbocycles. The summed E-state index contributed by atoms with van der Waals surface area (Å²) in [6, 6.07) is 10.9. The molecular weight excluding hydrogens is 602 g/mol. The largest absolute Gasteiger partial charge is 0.497 e. The van der Waals surface area contributed by atoms with Gasteiger partial charge in [0, 0.05) is 24.0 Å². The van der Waals surface area contributed by atoms with E-state index in [9.17, 15) is 32.1 Å². The topological polar surface area (TPSA) is 217 Å². The Balaban J connectivity index is 1.62. The quantitative estimate of drug-likeness (QED) is 0.189. The van der Waals surface area contributed by atoms with Gasteiger partial charge in [0.25, 0.3) is 27.8 Å². The van der Waals surface area contributed by atoms with Crippen LogP contribution >= 0.6 is 0 Å². The summed E-state index contributed by atoms with van der Waals surface area (Å²) in [5, 5.41) is 10.3. The lowest BCUT2D eigenvalue weighted by Gasteiger charge is -2.20. The molecule has 1 aliphatic rings. The second kappa shape index (κ2) is 12.1. The third-order valence-electron chi connectivity index (χ3n) is 6.52. The molecule has 1 unspecified atom stereocenters. The Labute approximate surface area is 248 Å². The van der Waals surface area contributed by atoms with Crippen molar-refractivity contribution in [3.8, 4) is 33.9 Å². The van der Waals surface area contributed by atoms with E-state index in [1.165, 1.54) is 14.2 Å². The van der Waals surface area contributed by atoms with Gasteiger partial charge in [0.05, 0.1) is 14.2 Å². The van der Waals surface area contributed by atoms with Crippen LogP contribution in [0.15, 0.2) is 53.2 Å². The molecule has 0 bridgehead atoms. The number of ether oxygens (including phenoxy) is 2. The van der Waals surface area contributed by atoms with E-state index in [-0.39, 0.29) is 45.9 Å². The molecule has 16 nitrogen and oxygen atoms in total. The van der Waals surface area contributed by atoms with Crippen LogP contribution in [0.2, 0.25) is 0 Å². The smallest absolute Gasteiger partial charge is 0.356 e. The number of nitrogens with zero attached hydrogens (tertiary/aromatic N) is 4.